The molecule has 1 N–H and O–H groups in total. The Balaban J connectivity index is 3.15. The molecule has 6 nitrogen and oxygen atoms in total. The predicted octanol–water partition coefficient (Wildman–Crippen LogP) is 1.89. The van der Waals surface area contributed by atoms with Crippen LogP contribution >= 0.6 is 11.3 Å². The van der Waals surface area contributed by atoms with E-state index >= 15 is 0 Å². The first-order chi connectivity index (χ1) is 7.41. The van der Waals surface area contributed by atoms with Crippen LogP contribution in [0.4, 0.5) is 5.69 Å². The standard InChI is InChI=1S/C9H10N2O4S/c1-10(2)4-3-7-6(11(14)15)5-8(16-7)9(12)13/h3-5H,1-2H3,(H,12,13). The third-order valence-corrected chi connectivity index (χ3v) is 2.75. The second-order valence-corrected chi connectivity index (χ2v) is 4.29. The van der Waals surface area contributed by atoms with Gasteiger partial charge in [-0.3, -0.25) is 10.1 Å². The number of carbonyl (C=O) groups is 1. The summed E-state index contributed by atoms with van der Waals surface area (Å²) in [6.07, 6.45) is 3.15. The van der Waals surface area contributed by atoms with Crippen LogP contribution < -0.4 is 0 Å². The van der Waals surface area contributed by atoms with Crippen molar-refractivity contribution in [3.05, 3.63) is 32.1 Å². The van der Waals surface area contributed by atoms with Crippen LogP contribution in [0.2, 0.25) is 0 Å². The number of hydrogen-bond donors (Lipinski definition) is 1. The molecule has 0 unspecified atom stereocenters. The average molecular weight is 242 g/mol. The quantitative estimate of drug-likeness (QED) is 0.643. The highest BCUT2D eigenvalue weighted by atomic mass is 32.1. The van der Waals surface area contributed by atoms with Crippen LogP contribution in [0.15, 0.2) is 12.3 Å². The SMILES string of the molecule is CN(C)C=Cc1sc(C(=O)O)cc1[N+](=O)[O-]. The first-order valence-corrected chi connectivity index (χ1v) is 5.09. The van der Waals surface area contributed by atoms with Gasteiger partial charge >= 0.3 is 5.97 Å². The summed E-state index contributed by atoms with van der Waals surface area (Å²) in [5.41, 5.74) is -0.180. The van der Waals surface area contributed by atoms with Gasteiger partial charge in [-0.15, -0.1) is 11.3 Å². The Kier molecular flexibility index (Phi) is 3.62. The summed E-state index contributed by atoms with van der Waals surface area (Å²) >= 11 is 0.883. The second-order valence-electron chi connectivity index (χ2n) is 3.20. The van der Waals surface area contributed by atoms with E-state index in [1.54, 1.807) is 25.2 Å². The van der Waals surface area contributed by atoms with E-state index in [0.717, 1.165) is 17.4 Å². The molecule has 0 saturated heterocycles. The number of carboxylic acid groups (broad SMARTS) is 1. The molecule has 0 aliphatic carbocycles. The summed E-state index contributed by atoms with van der Waals surface area (Å²) in [4.78, 5) is 22.8. The van der Waals surface area contributed by atoms with Crippen LogP contribution in [0.5, 0.6) is 0 Å². The number of aromatic carboxylic acids is 1. The van der Waals surface area contributed by atoms with Crippen molar-refractivity contribution in [2.75, 3.05) is 14.1 Å². The molecule has 7 heteroatoms. The lowest BCUT2D eigenvalue weighted by Gasteiger charge is -2.01. The molecule has 0 aliphatic heterocycles. The molecule has 1 heterocycles. The Bertz CT molecular complexity index is 450. The van der Waals surface area contributed by atoms with E-state index in [4.69, 9.17) is 5.11 Å². The fourth-order valence-electron chi connectivity index (χ4n) is 0.980. The van der Waals surface area contributed by atoms with Gasteiger partial charge in [-0.25, -0.2) is 4.79 Å². The smallest absolute Gasteiger partial charge is 0.346 e. The Morgan fingerprint density at radius 1 is 1.62 bits per heavy atom. The Hall–Kier alpha value is -1.89. The zero-order valence-corrected chi connectivity index (χ0v) is 9.52. The van der Waals surface area contributed by atoms with Crippen LogP contribution in [-0.4, -0.2) is 35.0 Å². The molecular weight excluding hydrogens is 232 g/mol. The van der Waals surface area contributed by atoms with Crippen molar-refractivity contribution >= 4 is 29.1 Å². The minimum atomic E-state index is -1.15. The van der Waals surface area contributed by atoms with Gasteiger partial charge in [0, 0.05) is 26.4 Å². The fourth-order valence-corrected chi connectivity index (χ4v) is 1.84. The van der Waals surface area contributed by atoms with Gasteiger partial charge in [0.15, 0.2) is 0 Å². The molecule has 0 saturated carbocycles. The molecular formula is C9H10N2O4S. The molecule has 1 rings (SSSR count). The zero-order chi connectivity index (χ0) is 12.3. The molecule has 0 radical (unpaired) electrons. The van der Waals surface area contributed by atoms with Crippen molar-refractivity contribution in [1.29, 1.82) is 0 Å². The van der Waals surface area contributed by atoms with Crippen molar-refractivity contribution in [3.8, 4) is 0 Å². The monoisotopic (exact) mass is 242 g/mol. The van der Waals surface area contributed by atoms with Gasteiger partial charge in [-0.2, -0.15) is 0 Å². The highest BCUT2D eigenvalue weighted by molar-refractivity contribution is 7.15. The van der Waals surface area contributed by atoms with Gasteiger partial charge in [-0.05, 0) is 6.08 Å². The van der Waals surface area contributed by atoms with E-state index in [-0.39, 0.29) is 10.6 Å². The third-order valence-electron chi connectivity index (χ3n) is 1.67. The van der Waals surface area contributed by atoms with Crippen molar-refractivity contribution in [3.63, 3.8) is 0 Å². The van der Waals surface area contributed by atoms with Gasteiger partial charge < -0.3 is 10.0 Å². The number of carboxylic acids is 1. The van der Waals surface area contributed by atoms with E-state index < -0.39 is 10.9 Å². The van der Waals surface area contributed by atoms with E-state index in [1.807, 2.05) is 0 Å². The molecule has 86 valence electrons. The lowest BCUT2D eigenvalue weighted by Crippen LogP contribution is -1.99. The highest BCUT2D eigenvalue weighted by Crippen LogP contribution is 2.30. The van der Waals surface area contributed by atoms with Crippen LogP contribution in [0.25, 0.3) is 6.08 Å². The number of rotatable bonds is 4. The van der Waals surface area contributed by atoms with Crippen LogP contribution in [-0.2, 0) is 0 Å². The van der Waals surface area contributed by atoms with Crippen molar-refractivity contribution in [1.82, 2.24) is 4.90 Å². The Labute approximate surface area is 95.6 Å². The summed E-state index contributed by atoms with van der Waals surface area (Å²) in [7, 11) is 3.54. The summed E-state index contributed by atoms with van der Waals surface area (Å²) in [5, 5.41) is 19.4. The predicted molar refractivity (Wildman–Crippen MR) is 60.7 cm³/mol. The minimum absolute atomic E-state index is 0.0369. The zero-order valence-electron chi connectivity index (χ0n) is 8.71. The Morgan fingerprint density at radius 3 is 2.69 bits per heavy atom. The fraction of sp³-hybridized carbons (Fsp3) is 0.222. The Morgan fingerprint density at radius 2 is 2.25 bits per heavy atom. The molecule has 0 spiro atoms. The van der Waals surface area contributed by atoms with Gasteiger partial charge in [-0.1, -0.05) is 0 Å². The molecule has 16 heavy (non-hydrogen) atoms. The molecule has 0 atom stereocenters. The van der Waals surface area contributed by atoms with Gasteiger partial charge in [0.05, 0.1) is 4.92 Å². The maximum absolute atomic E-state index is 10.7. The molecule has 0 fully saturated rings. The molecule has 0 amide bonds. The lowest BCUT2D eigenvalue weighted by atomic mass is 10.3. The average Bonchev–Trinajstić information content (AvgIpc) is 2.58. The molecule has 0 aliphatic rings. The summed E-state index contributed by atoms with van der Waals surface area (Å²) in [6, 6.07) is 1.07. The van der Waals surface area contributed by atoms with Crippen molar-refractivity contribution < 1.29 is 14.8 Å². The van der Waals surface area contributed by atoms with E-state index in [2.05, 4.69) is 0 Å². The van der Waals surface area contributed by atoms with Gasteiger partial charge in [0.1, 0.15) is 9.75 Å². The largest absolute Gasteiger partial charge is 0.477 e. The summed E-state index contributed by atoms with van der Waals surface area (Å²) in [5.74, 6) is -1.15. The van der Waals surface area contributed by atoms with Crippen molar-refractivity contribution in [2.24, 2.45) is 0 Å². The molecule has 0 bridgehead atoms. The summed E-state index contributed by atoms with van der Waals surface area (Å²) in [6.45, 7) is 0. The highest BCUT2D eigenvalue weighted by Gasteiger charge is 2.20. The minimum Gasteiger partial charge on any atom is -0.477 e. The number of hydrogen-bond acceptors (Lipinski definition) is 5. The van der Waals surface area contributed by atoms with E-state index in [1.165, 1.54) is 6.08 Å². The second kappa shape index (κ2) is 4.75. The van der Waals surface area contributed by atoms with Crippen LogP contribution in [0.3, 0.4) is 0 Å². The molecule has 0 aromatic carbocycles. The number of thiophene rings is 1. The van der Waals surface area contributed by atoms with E-state index in [9.17, 15) is 14.9 Å². The normalized spacial score (nSPS) is 10.6. The van der Waals surface area contributed by atoms with Gasteiger partial charge in [0.2, 0.25) is 0 Å². The molecule has 1 aromatic heterocycles. The van der Waals surface area contributed by atoms with Crippen molar-refractivity contribution in [2.45, 2.75) is 0 Å². The number of nitro groups is 1. The van der Waals surface area contributed by atoms with Gasteiger partial charge in [0.25, 0.3) is 5.69 Å². The first kappa shape index (κ1) is 12.2. The van der Waals surface area contributed by atoms with Crippen LogP contribution in [0, 0.1) is 10.1 Å². The third kappa shape index (κ3) is 2.80. The number of nitrogens with zero attached hydrogens (tertiary/aromatic N) is 2. The summed E-state index contributed by atoms with van der Waals surface area (Å²) < 4.78 is 0. The maximum Gasteiger partial charge on any atom is 0.346 e. The first-order valence-electron chi connectivity index (χ1n) is 4.28. The van der Waals surface area contributed by atoms with E-state index in [0.29, 0.717) is 4.88 Å². The van der Waals surface area contributed by atoms with Crippen LogP contribution in [0.1, 0.15) is 14.5 Å². The maximum atomic E-state index is 10.7. The topological polar surface area (TPSA) is 83.7 Å². The molecule has 1 aromatic rings. The lowest BCUT2D eigenvalue weighted by molar-refractivity contribution is -0.384.